The van der Waals surface area contributed by atoms with E-state index >= 15 is 0 Å². The van der Waals surface area contributed by atoms with Crippen molar-refractivity contribution in [3.63, 3.8) is 0 Å². The SMILES string of the molecule is CC(C)CN1CCCC2(CCN(C(C)(C)C)CC2)C1. The van der Waals surface area contributed by atoms with Crippen molar-refractivity contribution in [3.05, 3.63) is 0 Å². The highest BCUT2D eigenvalue weighted by Crippen LogP contribution is 2.41. The van der Waals surface area contributed by atoms with Gasteiger partial charge in [-0.05, 0) is 77.4 Å². The molecule has 2 fully saturated rings. The van der Waals surface area contributed by atoms with Crippen LogP contribution in [0, 0.1) is 11.3 Å². The van der Waals surface area contributed by atoms with Gasteiger partial charge in [-0.15, -0.1) is 0 Å². The van der Waals surface area contributed by atoms with Crippen molar-refractivity contribution in [2.45, 2.75) is 65.8 Å². The largest absolute Gasteiger partial charge is 0.303 e. The Morgan fingerprint density at radius 3 is 2.16 bits per heavy atom. The maximum absolute atomic E-state index is 2.74. The van der Waals surface area contributed by atoms with Crippen molar-refractivity contribution in [2.24, 2.45) is 11.3 Å². The molecular weight excluding hydrogens is 232 g/mol. The quantitative estimate of drug-likeness (QED) is 0.753. The van der Waals surface area contributed by atoms with Crippen molar-refractivity contribution in [3.8, 4) is 0 Å². The summed E-state index contributed by atoms with van der Waals surface area (Å²) >= 11 is 0. The van der Waals surface area contributed by atoms with Crippen molar-refractivity contribution in [1.29, 1.82) is 0 Å². The average molecular weight is 266 g/mol. The standard InChI is InChI=1S/C17H34N2/c1-15(2)13-18-10-6-7-17(14-18)8-11-19(12-9-17)16(3,4)5/h15H,6-14H2,1-5H3. The molecule has 0 aromatic rings. The van der Waals surface area contributed by atoms with Gasteiger partial charge in [0.25, 0.3) is 0 Å². The van der Waals surface area contributed by atoms with Gasteiger partial charge in [0.2, 0.25) is 0 Å². The smallest absolute Gasteiger partial charge is 0.0125 e. The third-order valence-electron chi connectivity index (χ3n) is 5.14. The topological polar surface area (TPSA) is 6.48 Å². The Morgan fingerprint density at radius 1 is 1.00 bits per heavy atom. The van der Waals surface area contributed by atoms with Gasteiger partial charge in [-0.3, -0.25) is 4.90 Å². The minimum atomic E-state index is 0.355. The molecule has 0 aromatic heterocycles. The fourth-order valence-electron chi connectivity index (χ4n) is 4.04. The fourth-order valence-corrected chi connectivity index (χ4v) is 4.04. The van der Waals surface area contributed by atoms with Gasteiger partial charge >= 0.3 is 0 Å². The van der Waals surface area contributed by atoms with Crippen LogP contribution in [0.3, 0.4) is 0 Å². The molecule has 2 rings (SSSR count). The Bertz CT molecular complexity index is 282. The second-order valence-electron chi connectivity index (χ2n) is 8.39. The highest BCUT2D eigenvalue weighted by Gasteiger charge is 2.40. The van der Waals surface area contributed by atoms with Crippen molar-refractivity contribution in [1.82, 2.24) is 9.80 Å². The zero-order chi connectivity index (χ0) is 14.1. The molecule has 2 heterocycles. The summed E-state index contributed by atoms with van der Waals surface area (Å²) in [6.07, 6.45) is 5.72. The summed E-state index contributed by atoms with van der Waals surface area (Å²) in [7, 11) is 0. The maximum atomic E-state index is 2.74. The molecule has 1 spiro atoms. The Morgan fingerprint density at radius 2 is 1.63 bits per heavy atom. The monoisotopic (exact) mass is 266 g/mol. The van der Waals surface area contributed by atoms with Crippen LogP contribution in [0.4, 0.5) is 0 Å². The first-order valence-corrected chi connectivity index (χ1v) is 8.28. The number of likely N-dealkylation sites (tertiary alicyclic amines) is 2. The number of hydrogen-bond acceptors (Lipinski definition) is 2. The molecule has 2 saturated heterocycles. The summed E-state index contributed by atoms with van der Waals surface area (Å²) in [6.45, 7) is 18.4. The lowest BCUT2D eigenvalue weighted by molar-refractivity contribution is -0.00673. The van der Waals surface area contributed by atoms with Crippen LogP contribution in [0.15, 0.2) is 0 Å². The molecule has 0 saturated carbocycles. The van der Waals surface area contributed by atoms with E-state index in [0.717, 1.165) is 5.92 Å². The molecule has 2 aliphatic rings. The fraction of sp³-hybridized carbons (Fsp3) is 1.00. The molecule has 0 bridgehead atoms. The van der Waals surface area contributed by atoms with Gasteiger partial charge in [-0.25, -0.2) is 0 Å². The van der Waals surface area contributed by atoms with Crippen LogP contribution in [0.5, 0.6) is 0 Å². The van der Waals surface area contributed by atoms with E-state index in [1.54, 1.807) is 0 Å². The minimum Gasteiger partial charge on any atom is -0.303 e. The van der Waals surface area contributed by atoms with Crippen LogP contribution in [0.25, 0.3) is 0 Å². The van der Waals surface area contributed by atoms with E-state index in [4.69, 9.17) is 0 Å². The van der Waals surface area contributed by atoms with Crippen LogP contribution >= 0.6 is 0 Å². The first-order chi connectivity index (χ1) is 8.81. The minimum absolute atomic E-state index is 0.355. The molecule has 0 radical (unpaired) electrons. The first-order valence-electron chi connectivity index (χ1n) is 8.28. The molecule has 0 aliphatic carbocycles. The summed E-state index contributed by atoms with van der Waals surface area (Å²) in [5.41, 5.74) is 1.00. The third-order valence-corrected chi connectivity index (χ3v) is 5.14. The van der Waals surface area contributed by atoms with Crippen molar-refractivity contribution >= 4 is 0 Å². The summed E-state index contributed by atoms with van der Waals surface area (Å²) in [4.78, 5) is 5.42. The maximum Gasteiger partial charge on any atom is 0.0125 e. The van der Waals surface area contributed by atoms with Crippen LogP contribution in [-0.2, 0) is 0 Å². The predicted octanol–water partition coefficient (Wildman–Crippen LogP) is 3.62. The van der Waals surface area contributed by atoms with Gasteiger partial charge in [0, 0.05) is 18.6 Å². The van der Waals surface area contributed by atoms with E-state index in [-0.39, 0.29) is 0 Å². The zero-order valence-electron chi connectivity index (χ0n) is 13.8. The molecule has 2 aliphatic heterocycles. The molecule has 0 unspecified atom stereocenters. The molecular formula is C17H34N2. The Hall–Kier alpha value is -0.0800. The highest BCUT2D eigenvalue weighted by atomic mass is 15.2. The van der Waals surface area contributed by atoms with Crippen LogP contribution in [0.2, 0.25) is 0 Å². The number of hydrogen-bond donors (Lipinski definition) is 0. The molecule has 112 valence electrons. The van der Waals surface area contributed by atoms with E-state index in [0.29, 0.717) is 11.0 Å². The number of piperidine rings is 2. The Labute approximate surface area is 120 Å². The van der Waals surface area contributed by atoms with E-state index in [2.05, 4.69) is 44.4 Å². The number of nitrogens with zero attached hydrogens (tertiary/aromatic N) is 2. The van der Waals surface area contributed by atoms with Crippen molar-refractivity contribution < 1.29 is 0 Å². The van der Waals surface area contributed by atoms with Crippen LogP contribution in [-0.4, -0.2) is 48.1 Å². The van der Waals surface area contributed by atoms with Crippen LogP contribution < -0.4 is 0 Å². The van der Waals surface area contributed by atoms with Crippen LogP contribution in [0.1, 0.15) is 60.3 Å². The summed E-state index contributed by atoms with van der Waals surface area (Å²) in [6, 6.07) is 0. The summed E-state index contributed by atoms with van der Waals surface area (Å²) in [5.74, 6) is 0.810. The Balaban J connectivity index is 1.91. The molecule has 2 heteroatoms. The lowest BCUT2D eigenvalue weighted by Gasteiger charge is -2.50. The zero-order valence-corrected chi connectivity index (χ0v) is 13.8. The van der Waals surface area contributed by atoms with E-state index in [1.165, 1.54) is 58.4 Å². The molecule has 0 N–H and O–H groups in total. The van der Waals surface area contributed by atoms with E-state index in [1.807, 2.05) is 0 Å². The average Bonchev–Trinajstić information content (AvgIpc) is 2.27. The number of rotatable bonds is 2. The normalized spacial score (nSPS) is 26.2. The van der Waals surface area contributed by atoms with E-state index < -0.39 is 0 Å². The molecule has 19 heavy (non-hydrogen) atoms. The lowest BCUT2D eigenvalue weighted by atomic mass is 9.72. The van der Waals surface area contributed by atoms with E-state index in [9.17, 15) is 0 Å². The van der Waals surface area contributed by atoms with Crippen molar-refractivity contribution in [2.75, 3.05) is 32.7 Å². The first kappa shape index (κ1) is 15.3. The third kappa shape index (κ3) is 3.95. The molecule has 0 amide bonds. The predicted molar refractivity (Wildman–Crippen MR) is 83.5 cm³/mol. The molecule has 0 atom stereocenters. The van der Waals surface area contributed by atoms with Gasteiger partial charge in [0.15, 0.2) is 0 Å². The summed E-state index contributed by atoms with van der Waals surface area (Å²) in [5, 5.41) is 0. The second kappa shape index (κ2) is 5.73. The van der Waals surface area contributed by atoms with Gasteiger partial charge in [-0.2, -0.15) is 0 Å². The van der Waals surface area contributed by atoms with Gasteiger partial charge in [0.1, 0.15) is 0 Å². The van der Waals surface area contributed by atoms with Gasteiger partial charge < -0.3 is 4.90 Å². The second-order valence-corrected chi connectivity index (χ2v) is 8.39. The highest BCUT2D eigenvalue weighted by molar-refractivity contribution is 4.94. The van der Waals surface area contributed by atoms with Gasteiger partial charge in [-0.1, -0.05) is 13.8 Å². The lowest BCUT2D eigenvalue weighted by Crippen LogP contribution is -2.53. The molecule has 2 nitrogen and oxygen atoms in total. The molecule has 0 aromatic carbocycles. The van der Waals surface area contributed by atoms with Gasteiger partial charge in [0.05, 0.1) is 0 Å². The summed E-state index contributed by atoms with van der Waals surface area (Å²) < 4.78 is 0. The Kier molecular flexibility index (Phi) is 4.62.